The number of anilines is 2. The normalized spacial score (nSPS) is 14.2. The lowest BCUT2D eigenvalue weighted by Gasteiger charge is -2.29. The van der Waals surface area contributed by atoms with E-state index in [2.05, 4.69) is 20.2 Å². The van der Waals surface area contributed by atoms with E-state index in [0.717, 1.165) is 29.0 Å². The lowest BCUT2D eigenvalue weighted by atomic mass is 10.2. The van der Waals surface area contributed by atoms with Gasteiger partial charge in [0.15, 0.2) is 5.13 Å². The molecule has 3 heterocycles. The predicted octanol–water partition coefficient (Wildman–Crippen LogP) is 2.94. The van der Waals surface area contributed by atoms with Gasteiger partial charge in [0.1, 0.15) is 11.3 Å². The third-order valence-electron chi connectivity index (χ3n) is 4.65. The van der Waals surface area contributed by atoms with Gasteiger partial charge in [-0.3, -0.25) is 15.1 Å². The van der Waals surface area contributed by atoms with Crippen molar-refractivity contribution in [2.45, 2.75) is 6.61 Å². The quantitative estimate of drug-likeness (QED) is 0.664. The van der Waals surface area contributed by atoms with Gasteiger partial charge in [0.25, 0.3) is 5.91 Å². The molecule has 3 aromatic rings. The first kappa shape index (κ1) is 19.6. The molecule has 1 N–H and O–H groups in total. The third-order valence-corrected chi connectivity index (χ3v) is 5.64. The van der Waals surface area contributed by atoms with Crippen molar-refractivity contribution in [2.24, 2.45) is 0 Å². The van der Waals surface area contributed by atoms with Crippen LogP contribution in [0, 0.1) is 0 Å². The molecule has 4 rings (SSSR count). The van der Waals surface area contributed by atoms with Crippen LogP contribution >= 0.6 is 11.3 Å². The average molecular weight is 414 g/mol. The van der Waals surface area contributed by atoms with Crippen LogP contribution in [0.4, 0.5) is 10.8 Å². The van der Waals surface area contributed by atoms with Crippen molar-refractivity contribution in [1.29, 1.82) is 0 Å². The SMILES string of the molecule is COCc1cc(C(=O)Nc2nc3c(OC)ccc(N4CCOCC4)c3s2)ccn1. The van der Waals surface area contributed by atoms with Crippen LogP contribution in [0.25, 0.3) is 10.2 Å². The Morgan fingerprint density at radius 1 is 1.28 bits per heavy atom. The number of hydrogen-bond acceptors (Lipinski definition) is 8. The Balaban J connectivity index is 1.64. The van der Waals surface area contributed by atoms with E-state index in [-0.39, 0.29) is 5.91 Å². The molecule has 0 bridgehead atoms. The minimum Gasteiger partial charge on any atom is -0.494 e. The number of hydrogen-bond donors (Lipinski definition) is 1. The molecule has 1 aliphatic heterocycles. The zero-order valence-electron chi connectivity index (χ0n) is 16.3. The highest BCUT2D eigenvalue weighted by molar-refractivity contribution is 7.23. The Morgan fingerprint density at radius 2 is 2.10 bits per heavy atom. The largest absolute Gasteiger partial charge is 0.494 e. The van der Waals surface area contributed by atoms with Crippen molar-refractivity contribution in [3.63, 3.8) is 0 Å². The van der Waals surface area contributed by atoms with Crippen LogP contribution in [0.5, 0.6) is 5.75 Å². The van der Waals surface area contributed by atoms with Gasteiger partial charge in [-0.15, -0.1) is 0 Å². The molecule has 1 fully saturated rings. The number of carbonyl (C=O) groups excluding carboxylic acids is 1. The van der Waals surface area contributed by atoms with E-state index in [0.29, 0.717) is 42.0 Å². The highest BCUT2D eigenvalue weighted by Gasteiger charge is 2.20. The van der Waals surface area contributed by atoms with Crippen LogP contribution in [-0.4, -0.2) is 56.4 Å². The fraction of sp³-hybridized carbons (Fsp3) is 0.350. The second kappa shape index (κ2) is 8.73. The smallest absolute Gasteiger partial charge is 0.257 e. The Kier molecular flexibility index (Phi) is 5.89. The number of methoxy groups -OCH3 is 2. The summed E-state index contributed by atoms with van der Waals surface area (Å²) in [5.74, 6) is 0.441. The lowest BCUT2D eigenvalue weighted by Crippen LogP contribution is -2.36. The van der Waals surface area contributed by atoms with Crippen LogP contribution in [0.3, 0.4) is 0 Å². The minimum absolute atomic E-state index is 0.240. The van der Waals surface area contributed by atoms with Gasteiger partial charge >= 0.3 is 0 Å². The molecule has 0 aliphatic carbocycles. The number of thiazole rings is 1. The first-order valence-electron chi connectivity index (χ1n) is 9.25. The molecule has 152 valence electrons. The summed E-state index contributed by atoms with van der Waals surface area (Å²) >= 11 is 1.44. The van der Waals surface area contributed by atoms with Gasteiger partial charge < -0.3 is 19.1 Å². The summed E-state index contributed by atoms with van der Waals surface area (Å²) in [5.41, 5.74) is 3.02. The van der Waals surface area contributed by atoms with E-state index in [1.807, 2.05) is 12.1 Å². The van der Waals surface area contributed by atoms with Crippen LogP contribution in [-0.2, 0) is 16.1 Å². The maximum absolute atomic E-state index is 12.7. The highest BCUT2D eigenvalue weighted by atomic mass is 32.1. The standard InChI is InChI=1S/C20H22N4O4S/c1-26-12-14-11-13(5-6-21-14)19(25)23-20-22-17-16(27-2)4-3-15(18(17)29-20)24-7-9-28-10-8-24/h3-6,11H,7-10,12H2,1-2H3,(H,22,23,25). The fourth-order valence-electron chi connectivity index (χ4n) is 3.26. The van der Waals surface area contributed by atoms with E-state index in [4.69, 9.17) is 14.2 Å². The van der Waals surface area contributed by atoms with Crippen molar-refractivity contribution < 1.29 is 19.0 Å². The summed E-state index contributed by atoms with van der Waals surface area (Å²) in [6.07, 6.45) is 1.60. The van der Waals surface area contributed by atoms with Gasteiger partial charge in [0.05, 0.1) is 43.0 Å². The maximum Gasteiger partial charge on any atom is 0.257 e. The van der Waals surface area contributed by atoms with Crippen LogP contribution < -0.4 is 15.0 Å². The first-order chi connectivity index (χ1) is 14.2. The van der Waals surface area contributed by atoms with Gasteiger partial charge in [-0.25, -0.2) is 4.98 Å². The molecule has 1 amide bonds. The Morgan fingerprint density at radius 3 is 2.86 bits per heavy atom. The van der Waals surface area contributed by atoms with Crippen LogP contribution in [0.2, 0.25) is 0 Å². The minimum atomic E-state index is -0.240. The number of nitrogens with one attached hydrogen (secondary N) is 1. The van der Waals surface area contributed by atoms with Crippen molar-refractivity contribution in [3.05, 3.63) is 41.7 Å². The summed E-state index contributed by atoms with van der Waals surface area (Å²) in [5, 5.41) is 3.42. The van der Waals surface area contributed by atoms with E-state index in [1.54, 1.807) is 32.5 Å². The molecule has 0 saturated carbocycles. The summed E-state index contributed by atoms with van der Waals surface area (Å²) in [6, 6.07) is 7.34. The van der Waals surface area contributed by atoms with E-state index >= 15 is 0 Å². The molecule has 0 atom stereocenters. The molecule has 9 heteroatoms. The molecule has 0 spiro atoms. The second-order valence-corrected chi connectivity index (χ2v) is 7.51. The molecule has 2 aromatic heterocycles. The van der Waals surface area contributed by atoms with E-state index < -0.39 is 0 Å². The number of benzene rings is 1. The summed E-state index contributed by atoms with van der Waals surface area (Å²) < 4.78 is 17.0. The molecular formula is C20H22N4O4S. The zero-order valence-corrected chi connectivity index (χ0v) is 17.1. The Bertz CT molecular complexity index is 1020. The second-order valence-electron chi connectivity index (χ2n) is 6.51. The number of morpholine rings is 1. The molecule has 0 unspecified atom stereocenters. The van der Waals surface area contributed by atoms with Gasteiger partial charge in [-0.05, 0) is 24.3 Å². The Hall–Kier alpha value is -2.75. The number of aromatic nitrogens is 2. The average Bonchev–Trinajstić information content (AvgIpc) is 3.17. The summed E-state index contributed by atoms with van der Waals surface area (Å²) in [4.78, 5) is 23.8. The number of carbonyl (C=O) groups is 1. The zero-order chi connectivity index (χ0) is 20.2. The number of nitrogens with zero attached hydrogens (tertiary/aromatic N) is 3. The van der Waals surface area contributed by atoms with Gasteiger partial charge in [-0.2, -0.15) is 0 Å². The van der Waals surface area contributed by atoms with E-state index in [9.17, 15) is 4.79 Å². The van der Waals surface area contributed by atoms with Crippen molar-refractivity contribution >= 4 is 38.3 Å². The fourth-order valence-corrected chi connectivity index (χ4v) is 4.28. The third kappa shape index (κ3) is 4.16. The number of amides is 1. The topological polar surface area (TPSA) is 85.8 Å². The molecule has 1 aliphatic rings. The van der Waals surface area contributed by atoms with E-state index in [1.165, 1.54) is 11.3 Å². The van der Waals surface area contributed by atoms with Crippen LogP contribution in [0.1, 0.15) is 16.1 Å². The summed E-state index contributed by atoms with van der Waals surface area (Å²) in [6.45, 7) is 3.38. The number of ether oxygens (including phenoxy) is 3. The maximum atomic E-state index is 12.7. The van der Waals surface area contributed by atoms with Crippen molar-refractivity contribution in [2.75, 3.05) is 50.7 Å². The van der Waals surface area contributed by atoms with Crippen molar-refractivity contribution in [1.82, 2.24) is 9.97 Å². The molecule has 8 nitrogen and oxygen atoms in total. The van der Waals surface area contributed by atoms with Gasteiger partial charge in [0, 0.05) is 32.0 Å². The lowest BCUT2D eigenvalue weighted by molar-refractivity contribution is 0.102. The van der Waals surface area contributed by atoms with Gasteiger partial charge in [-0.1, -0.05) is 11.3 Å². The number of rotatable bonds is 6. The monoisotopic (exact) mass is 414 g/mol. The molecule has 1 aromatic carbocycles. The van der Waals surface area contributed by atoms with Gasteiger partial charge in [0.2, 0.25) is 0 Å². The molecule has 1 saturated heterocycles. The highest BCUT2D eigenvalue weighted by Crippen LogP contribution is 2.39. The van der Waals surface area contributed by atoms with Crippen LogP contribution in [0.15, 0.2) is 30.5 Å². The van der Waals surface area contributed by atoms with Crippen molar-refractivity contribution in [3.8, 4) is 5.75 Å². The summed E-state index contributed by atoms with van der Waals surface area (Å²) in [7, 11) is 3.21. The number of pyridine rings is 1. The molecule has 29 heavy (non-hydrogen) atoms. The molecular weight excluding hydrogens is 392 g/mol. The predicted molar refractivity (Wildman–Crippen MR) is 112 cm³/mol. The molecule has 0 radical (unpaired) electrons. The number of fused-ring (bicyclic) bond motifs is 1. The first-order valence-corrected chi connectivity index (χ1v) is 10.1. The Labute approximate surface area is 172 Å².